The first-order valence-corrected chi connectivity index (χ1v) is 8.82. The van der Waals surface area contributed by atoms with E-state index in [0.29, 0.717) is 5.56 Å². The molecule has 1 N–H and O–H groups in total. The first-order valence-electron chi connectivity index (χ1n) is 6.93. The third kappa shape index (κ3) is 5.11. The van der Waals surface area contributed by atoms with Crippen LogP contribution in [0.5, 0.6) is 5.75 Å². The number of alkyl halides is 2. The molecule has 0 saturated carbocycles. The summed E-state index contributed by atoms with van der Waals surface area (Å²) in [5.41, 5.74) is 0.391. The molecule has 0 spiro atoms. The zero-order chi connectivity index (χ0) is 18.6. The summed E-state index contributed by atoms with van der Waals surface area (Å²) in [7, 11) is -3.71. The largest absolute Gasteiger partial charge is 0.435 e. The molecule has 2 aromatic carbocycles. The number of nitro groups is 1. The molecule has 0 aliphatic heterocycles. The van der Waals surface area contributed by atoms with Crippen molar-refractivity contribution in [1.29, 1.82) is 0 Å². The molecule has 10 heteroatoms. The third-order valence-electron chi connectivity index (χ3n) is 3.18. The molecule has 134 valence electrons. The normalized spacial score (nSPS) is 11.4. The molecule has 2 aromatic rings. The quantitative estimate of drug-likeness (QED) is 0.592. The molecule has 0 atom stereocenters. The Kier molecular flexibility index (Phi) is 5.52. The van der Waals surface area contributed by atoms with Crippen molar-refractivity contribution < 1.29 is 26.9 Å². The van der Waals surface area contributed by atoms with Gasteiger partial charge in [-0.05, 0) is 23.8 Å². The Morgan fingerprint density at radius 1 is 1.24 bits per heavy atom. The van der Waals surface area contributed by atoms with Crippen LogP contribution in [0.2, 0.25) is 0 Å². The van der Waals surface area contributed by atoms with Gasteiger partial charge in [-0.25, -0.2) is 8.42 Å². The zero-order valence-electron chi connectivity index (χ0n) is 13.0. The molecule has 0 heterocycles. The zero-order valence-corrected chi connectivity index (χ0v) is 13.8. The highest BCUT2D eigenvalue weighted by atomic mass is 32.2. The van der Waals surface area contributed by atoms with Crippen molar-refractivity contribution in [3.8, 4) is 5.75 Å². The van der Waals surface area contributed by atoms with Gasteiger partial charge in [-0.3, -0.25) is 10.1 Å². The second-order valence-corrected chi connectivity index (χ2v) is 7.07. The van der Waals surface area contributed by atoms with E-state index in [2.05, 4.69) is 10.1 Å². The molecule has 0 aliphatic carbocycles. The molecule has 0 aromatic heterocycles. The number of hydrogen-bond acceptors (Lipinski definition) is 6. The van der Waals surface area contributed by atoms with Gasteiger partial charge in [-0.2, -0.15) is 8.78 Å². The van der Waals surface area contributed by atoms with Crippen molar-refractivity contribution in [2.45, 2.75) is 18.1 Å². The lowest BCUT2D eigenvalue weighted by molar-refractivity contribution is -0.385. The molecule has 2 rings (SSSR count). The monoisotopic (exact) mass is 372 g/mol. The predicted molar refractivity (Wildman–Crippen MR) is 86.6 cm³/mol. The van der Waals surface area contributed by atoms with Gasteiger partial charge < -0.3 is 10.1 Å². The number of benzene rings is 2. The lowest BCUT2D eigenvalue weighted by Gasteiger charge is -2.12. The summed E-state index contributed by atoms with van der Waals surface area (Å²) in [5.74, 6) is -0.0265. The Morgan fingerprint density at radius 2 is 1.96 bits per heavy atom. The van der Waals surface area contributed by atoms with E-state index in [0.717, 1.165) is 12.3 Å². The van der Waals surface area contributed by atoms with Crippen LogP contribution < -0.4 is 10.1 Å². The van der Waals surface area contributed by atoms with Gasteiger partial charge in [0.15, 0.2) is 9.84 Å². The van der Waals surface area contributed by atoms with E-state index in [1.54, 1.807) is 6.07 Å². The highest BCUT2D eigenvalue weighted by Gasteiger charge is 2.18. The van der Waals surface area contributed by atoms with Crippen molar-refractivity contribution in [2.75, 3.05) is 11.6 Å². The lowest BCUT2D eigenvalue weighted by atomic mass is 10.2. The first kappa shape index (κ1) is 18.6. The molecule has 0 unspecified atom stereocenters. The fraction of sp³-hybridized carbons (Fsp3) is 0.200. The van der Waals surface area contributed by atoms with Crippen LogP contribution in [0, 0.1) is 10.1 Å². The van der Waals surface area contributed by atoms with Gasteiger partial charge in [-0.1, -0.05) is 12.1 Å². The highest BCUT2D eigenvalue weighted by molar-refractivity contribution is 7.90. The summed E-state index contributed by atoms with van der Waals surface area (Å²) in [5, 5.41) is 13.6. The topological polar surface area (TPSA) is 98.5 Å². The average Bonchev–Trinajstić information content (AvgIpc) is 2.51. The van der Waals surface area contributed by atoms with Gasteiger partial charge in [0.25, 0.3) is 5.69 Å². The van der Waals surface area contributed by atoms with Crippen molar-refractivity contribution >= 4 is 21.2 Å². The number of halogens is 2. The Balaban J connectivity index is 2.25. The molecular weight excluding hydrogens is 358 g/mol. The lowest BCUT2D eigenvalue weighted by Crippen LogP contribution is -2.07. The SMILES string of the molecule is CS(=O)(=O)c1cc([N+](=O)[O-])ccc1NCc1cccc(OC(F)F)c1. The van der Waals surface area contributed by atoms with Crippen LogP contribution in [0.3, 0.4) is 0 Å². The van der Waals surface area contributed by atoms with Crippen molar-refractivity contribution in [2.24, 2.45) is 0 Å². The fourth-order valence-electron chi connectivity index (χ4n) is 2.11. The highest BCUT2D eigenvalue weighted by Crippen LogP contribution is 2.27. The number of nitrogens with one attached hydrogen (secondary N) is 1. The van der Waals surface area contributed by atoms with Gasteiger partial charge in [0.1, 0.15) is 5.75 Å². The van der Waals surface area contributed by atoms with Gasteiger partial charge in [0.2, 0.25) is 0 Å². The van der Waals surface area contributed by atoms with E-state index in [4.69, 9.17) is 0 Å². The maximum absolute atomic E-state index is 12.2. The minimum absolute atomic E-state index is 0.0265. The van der Waals surface area contributed by atoms with Gasteiger partial charge in [-0.15, -0.1) is 0 Å². The molecule has 0 amide bonds. The number of hydrogen-bond donors (Lipinski definition) is 1. The standard InChI is InChI=1S/C15H14F2N2O5S/c1-25(22,23)14-8-11(19(20)21)5-6-13(14)18-9-10-3-2-4-12(7-10)24-15(16)17/h2-8,15,18H,9H2,1H3. The minimum atomic E-state index is -3.71. The van der Waals surface area contributed by atoms with Crippen molar-refractivity contribution in [1.82, 2.24) is 0 Å². The molecule has 0 radical (unpaired) electrons. The number of nitro benzene ring substituents is 1. The van der Waals surface area contributed by atoms with E-state index >= 15 is 0 Å². The molecule has 7 nitrogen and oxygen atoms in total. The number of sulfone groups is 1. The van der Waals surface area contributed by atoms with E-state index in [9.17, 15) is 27.3 Å². The Labute approximate surface area is 142 Å². The van der Waals surface area contributed by atoms with Gasteiger partial charge in [0, 0.05) is 24.9 Å². The number of nitrogens with zero attached hydrogens (tertiary/aromatic N) is 1. The summed E-state index contributed by atoms with van der Waals surface area (Å²) in [6.07, 6.45) is 0.939. The number of non-ortho nitro benzene ring substituents is 1. The van der Waals surface area contributed by atoms with E-state index in [1.807, 2.05) is 0 Å². The Bertz CT molecular complexity index is 887. The van der Waals surface area contributed by atoms with Crippen molar-refractivity contribution in [3.05, 3.63) is 58.1 Å². The molecule has 0 aliphatic rings. The predicted octanol–water partition coefficient (Wildman–Crippen LogP) is 3.21. The van der Waals surface area contributed by atoms with E-state index in [1.165, 1.54) is 30.3 Å². The number of rotatable bonds is 7. The molecule has 25 heavy (non-hydrogen) atoms. The average molecular weight is 372 g/mol. The second-order valence-electron chi connectivity index (χ2n) is 5.09. The summed E-state index contributed by atoms with van der Waals surface area (Å²) in [6.45, 7) is -2.84. The minimum Gasteiger partial charge on any atom is -0.435 e. The van der Waals surface area contributed by atoms with E-state index in [-0.39, 0.29) is 28.6 Å². The van der Waals surface area contributed by atoms with Crippen LogP contribution in [0.15, 0.2) is 47.4 Å². The Hall–Kier alpha value is -2.75. The summed E-state index contributed by atoms with van der Waals surface area (Å²) in [4.78, 5) is 9.90. The molecule has 0 saturated heterocycles. The van der Waals surface area contributed by atoms with Crippen LogP contribution in [-0.2, 0) is 16.4 Å². The maximum Gasteiger partial charge on any atom is 0.387 e. The Morgan fingerprint density at radius 3 is 2.56 bits per heavy atom. The number of ether oxygens (including phenoxy) is 1. The maximum atomic E-state index is 12.2. The van der Waals surface area contributed by atoms with Crippen LogP contribution in [0.4, 0.5) is 20.2 Å². The smallest absolute Gasteiger partial charge is 0.387 e. The molecule has 0 bridgehead atoms. The van der Waals surface area contributed by atoms with Crippen LogP contribution in [0.25, 0.3) is 0 Å². The van der Waals surface area contributed by atoms with Crippen LogP contribution >= 0.6 is 0 Å². The van der Waals surface area contributed by atoms with Crippen molar-refractivity contribution in [3.63, 3.8) is 0 Å². The summed E-state index contributed by atoms with van der Waals surface area (Å²) < 4.78 is 52.5. The van der Waals surface area contributed by atoms with Gasteiger partial charge in [0.05, 0.1) is 15.5 Å². The number of anilines is 1. The van der Waals surface area contributed by atoms with Crippen LogP contribution in [0.1, 0.15) is 5.56 Å². The van der Waals surface area contributed by atoms with Gasteiger partial charge >= 0.3 is 6.61 Å². The van der Waals surface area contributed by atoms with E-state index < -0.39 is 21.4 Å². The first-order chi connectivity index (χ1) is 11.7. The summed E-state index contributed by atoms with van der Waals surface area (Å²) >= 11 is 0. The molecule has 0 fully saturated rings. The third-order valence-corrected chi connectivity index (χ3v) is 4.32. The summed E-state index contributed by atoms with van der Waals surface area (Å²) in [6, 6.07) is 9.32. The molecular formula is C15H14F2N2O5S. The second kappa shape index (κ2) is 7.43. The fourth-order valence-corrected chi connectivity index (χ4v) is 2.98. The van der Waals surface area contributed by atoms with Crippen LogP contribution in [-0.4, -0.2) is 26.2 Å².